The summed E-state index contributed by atoms with van der Waals surface area (Å²) >= 11 is 0. The van der Waals surface area contributed by atoms with Crippen molar-refractivity contribution in [2.45, 2.75) is 32.6 Å². The molecule has 0 saturated heterocycles. The van der Waals surface area contributed by atoms with Gasteiger partial charge in [-0.05, 0) is 63.5 Å². The Labute approximate surface area is 338 Å². The van der Waals surface area contributed by atoms with E-state index in [1.807, 2.05) is 48.5 Å². The van der Waals surface area contributed by atoms with Gasteiger partial charge in [-0.2, -0.15) is 0 Å². The molecule has 10 nitrogen and oxygen atoms in total. The molecule has 0 saturated carbocycles. The minimum atomic E-state index is -0.249. The van der Waals surface area contributed by atoms with Crippen molar-refractivity contribution in [3.05, 3.63) is 70.8 Å². The average Bonchev–Trinajstić information content (AvgIpc) is 3.13. The fraction of sp³-hybridized carbons (Fsp3) is 0.489. The van der Waals surface area contributed by atoms with Crippen LogP contribution in [0.4, 0.5) is 0 Å². The van der Waals surface area contributed by atoms with Gasteiger partial charge in [0, 0.05) is 71.8 Å². The third-order valence-electron chi connectivity index (χ3n) is 12.9. The molecule has 2 heterocycles. The quantitative estimate of drug-likeness (QED) is 0.0472. The van der Waals surface area contributed by atoms with Crippen molar-refractivity contribution in [2.75, 3.05) is 122 Å². The average molecular weight is 777 g/mol. The van der Waals surface area contributed by atoms with Crippen LogP contribution in [0.1, 0.15) is 74.0 Å². The highest BCUT2D eigenvalue weighted by Crippen LogP contribution is 2.46. The Kier molecular flexibility index (Phi) is 10.5. The smallest absolute Gasteiger partial charge is 0.261 e. The van der Waals surface area contributed by atoms with Gasteiger partial charge in [0.05, 0.1) is 109 Å². The summed E-state index contributed by atoms with van der Waals surface area (Å²) in [6, 6.07) is 15.4. The number of benzene rings is 5. The lowest BCUT2D eigenvalue weighted by molar-refractivity contribution is -0.915. The second-order valence-corrected chi connectivity index (χ2v) is 19.9. The Hall–Kier alpha value is -4.48. The number of rotatable bonds is 17. The van der Waals surface area contributed by atoms with Gasteiger partial charge in [-0.1, -0.05) is 24.3 Å². The second-order valence-electron chi connectivity index (χ2n) is 19.9. The zero-order chi connectivity index (χ0) is 41.2. The minimum Gasteiger partial charge on any atom is -0.331 e. The number of hydrogen-bond acceptors (Lipinski definition) is 4. The van der Waals surface area contributed by atoms with E-state index in [4.69, 9.17) is 0 Å². The molecule has 0 aromatic heterocycles. The third-order valence-corrected chi connectivity index (χ3v) is 12.9. The number of carbonyl (C=O) groups is 4. The predicted molar refractivity (Wildman–Crippen MR) is 231 cm³/mol. The molecule has 2 aliphatic heterocycles. The standard InChI is InChI=1S/C47H64N6O4/c1-11-53(10,31-15-27-51(5,6)7)30-13-25-49-46(56)38-22-18-34-32-16-20-36-42-37(21-17-33(40(32)42)35-19-23-39(47(49)57)43(38)41(34)35)45(55)48(44(36)54)24-12-28-52(8,9)29-14-26-50(2,3)4/h16-23H,11-15,24-31H2,1-10H3/q+4. The summed E-state index contributed by atoms with van der Waals surface area (Å²) in [6.07, 6.45) is 3.70. The van der Waals surface area contributed by atoms with Crippen molar-refractivity contribution >= 4 is 66.7 Å². The van der Waals surface area contributed by atoms with Gasteiger partial charge in [0.25, 0.3) is 23.6 Å². The van der Waals surface area contributed by atoms with Gasteiger partial charge < -0.3 is 17.9 Å². The molecule has 0 fully saturated rings. The van der Waals surface area contributed by atoms with Gasteiger partial charge in [0.15, 0.2) is 0 Å². The maximum Gasteiger partial charge on any atom is 0.261 e. The first kappa shape index (κ1) is 40.7. The molecule has 0 radical (unpaired) electrons. The van der Waals surface area contributed by atoms with E-state index >= 15 is 0 Å². The number of quaternary nitrogens is 4. The topological polar surface area (TPSA) is 74.8 Å². The van der Waals surface area contributed by atoms with Gasteiger partial charge in [0.1, 0.15) is 0 Å². The lowest BCUT2D eigenvalue weighted by atomic mass is 9.82. The number of hydrogen-bond donors (Lipinski definition) is 0. The molecular weight excluding hydrogens is 713 g/mol. The summed E-state index contributed by atoms with van der Waals surface area (Å²) in [5, 5.41) is 6.79. The Morgan fingerprint density at radius 1 is 0.404 bits per heavy atom. The van der Waals surface area contributed by atoms with Crippen molar-refractivity contribution in [1.29, 1.82) is 0 Å². The molecule has 0 N–H and O–H groups in total. The van der Waals surface area contributed by atoms with Crippen molar-refractivity contribution in [2.24, 2.45) is 0 Å². The third kappa shape index (κ3) is 7.65. The summed E-state index contributed by atoms with van der Waals surface area (Å²) in [4.78, 5) is 59.4. The van der Waals surface area contributed by atoms with Gasteiger partial charge in [-0.3, -0.25) is 29.0 Å². The lowest BCUT2D eigenvalue weighted by Gasteiger charge is -2.35. The maximum absolute atomic E-state index is 14.2. The molecule has 7 rings (SSSR count). The van der Waals surface area contributed by atoms with E-state index in [1.54, 1.807) is 0 Å². The number of amides is 4. The van der Waals surface area contributed by atoms with Crippen LogP contribution < -0.4 is 0 Å². The first-order chi connectivity index (χ1) is 26.7. The Morgan fingerprint density at radius 2 is 0.719 bits per heavy atom. The SMILES string of the molecule is CC[N+](C)(CCCN1C(=O)c2ccc3c4ccc5c6c(ccc(c7ccc(c2c37)C1=O)c64)C(=O)N(CCC[N+](C)(C)CCC[N+](C)(C)C)C5=O)CCC[N+](C)(C)C. The van der Waals surface area contributed by atoms with E-state index in [-0.39, 0.29) is 23.6 Å². The Bertz CT molecular complexity index is 2300. The molecule has 1 atom stereocenters. The van der Waals surface area contributed by atoms with Crippen LogP contribution >= 0.6 is 0 Å². The van der Waals surface area contributed by atoms with Gasteiger partial charge in [0.2, 0.25) is 0 Å². The first-order valence-electron chi connectivity index (χ1n) is 20.9. The highest BCUT2D eigenvalue weighted by molar-refractivity contribution is 6.41. The molecule has 1 unspecified atom stereocenters. The van der Waals surface area contributed by atoms with Crippen molar-refractivity contribution in [1.82, 2.24) is 9.80 Å². The monoisotopic (exact) mass is 776 g/mol. The molecule has 10 heteroatoms. The van der Waals surface area contributed by atoms with Crippen LogP contribution in [0.2, 0.25) is 0 Å². The van der Waals surface area contributed by atoms with E-state index in [9.17, 15) is 19.2 Å². The van der Waals surface area contributed by atoms with Crippen LogP contribution in [0.25, 0.3) is 43.1 Å². The lowest BCUT2D eigenvalue weighted by Crippen LogP contribution is -2.49. The summed E-state index contributed by atoms with van der Waals surface area (Å²) in [5.74, 6) is -0.988. The minimum absolute atomic E-state index is 0.245. The number of fused-ring (bicyclic) bond motifs is 2. The van der Waals surface area contributed by atoms with Crippen LogP contribution in [-0.2, 0) is 0 Å². The van der Waals surface area contributed by atoms with E-state index < -0.39 is 0 Å². The van der Waals surface area contributed by atoms with Crippen LogP contribution in [0.3, 0.4) is 0 Å². The largest absolute Gasteiger partial charge is 0.331 e. The van der Waals surface area contributed by atoms with Gasteiger partial charge in [-0.15, -0.1) is 0 Å². The highest BCUT2D eigenvalue weighted by atomic mass is 16.2. The maximum atomic E-state index is 14.2. The van der Waals surface area contributed by atoms with Gasteiger partial charge >= 0.3 is 0 Å². The highest BCUT2D eigenvalue weighted by Gasteiger charge is 2.37. The van der Waals surface area contributed by atoms with E-state index in [1.165, 1.54) is 9.80 Å². The summed E-state index contributed by atoms with van der Waals surface area (Å²) in [7, 11) is 20.0. The Morgan fingerprint density at radius 3 is 1.07 bits per heavy atom. The molecule has 302 valence electrons. The Balaban J connectivity index is 1.16. The molecule has 4 amide bonds. The molecule has 0 aliphatic carbocycles. The number of nitrogens with zero attached hydrogens (tertiary/aromatic N) is 6. The van der Waals surface area contributed by atoms with E-state index in [0.717, 1.165) is 122 Å². The summed E-state index contributed by atoms with van der Waals surface area (Å²) in [6.45, 7) is 10.0. The van der Waals surface area contributed by atoms with E-state index in [0.29, 0.717) is 46.1 Å². The fourth-order valence-corrected chi connectivity index (χ4v) is 9.48. The van der Waals surface area contributed by atoms with Crippen LogP contribution in [0.15, 0.2) is 48.5 Å². The van der Waals surface area contributed by atoms with Crippen molar-refractivity contribution < 1.29 is 37.1 Å². The van der Waals surface area contributed by atoms with Gasteiger partial charge in [-0.25, -0.2) is 0 Å². The van der Waals surface area contributed by atoms with Crippen molar-refractivity contribution in [3.8, 4) is 0 Å². The molecule has 5 aromatic carbocycles. The second kappa shape index (κ2) is 14.7. The molecule has 57 heavy (non-hydrogen) atoms. The first-order valence-corrected chi connectivity index (χ1v) is 20.9. The summed E-state index contributed by atoms with van der Waals surface area (Å²) in [5.41, 5.74) is 2.18. The normalized spacial score (nSPS) is 16.3. The molecule has 0 spiro atoms. The zero-order valence-electron chi connectivity index (χ0n) is 36.1. The zero-order valence-corrected chi connectivity index (χ0v) is 36.1. The molecule has 5 aromatic rings. The van der Waals surface area contributed by atoms with E-state index in [2.05, 4.69) is 70.4 Å². The molecule has 2 aliphatic rings. The molecule has 0 bridgehead atoms. The van der Waals surface area contributed by atoms with Crippen LogP contribution in [-0.4, -0.2) is 174 Å². The predicted octanol–water partition coefficient (Wildman–Crippen LogP) is 6.44. The fourth-order valence-electron chi connectivity index (χ4n) is 9.48. The number of carbonyl (C=O) groups excluding carboxylic acids is 4. The van der Waals surface area contributed by atoms with Crippen LogP contribution in [0, 0.1) is 0 Å². The molecular formula is C47H64N6O4+4. The van der Waals surface area contributed by atoms with Crippen molar-refractivity contribution in [3.63, 3.8) is 0 Å². The summed E-state index contributed by atoms with van der Waals surface area (Å²) < 4.78 is 3.62. The number of imide groups is 2. The van der Waals surface area contributed by atoms with Crippen LogP contribution in [0.5, 0.6) is 0 Å².